The molecule has 0 radical (unpaired) electrons. The van der Waals surface area contributed by atoms with Gasteiger partial charge in [-0.15, -0.1) is 11.3 Å². The lowest BCUT2D eigenvalue weighted by atomic mass is 10.2. The van der Waals surface area contributed by atoms with Crippen molar-refractivity contribution in [3.63, 3.8) is 0 Å². The number of rotatable bonds is 10. The molecule has 2 rings (SSSR count). The second-order valence-electron chi connectivity index (χ2n) is 6.25. The summed E-state index contributed by atoms with van der Waals surface area (Å²) >= 11 is 1.79. The summed E-state index contributed by atoms with van der Waals surface area (Å²) in [5.41, 5.74) is 0. The van der Waals surface area contributed by atoms with Gasteiger partial charge in [0.15, 0.2) is 5.96 Å². The van der Waals surface area contributed by atoms with E-state index >= 15 is 0 Å². The van der Waals surface area contributed by atoms with E-state index in [4.69, 9.17) is 4.74 Å². The van der Waals surface area contributed by atoms with E-state index in [1.165, 1.54) is 17.7 Å². The highest BCUT2D eigenvalue weighted by molar-refractivity contribution is 7.10. The Kier molecular flexibility index (Phi) is 7.85. The molecule has 1 saturated carbocycles. The van der Waals surface area contributed by atoms with Crippen molar-refractivity contribution in [1.82, 2.24) is 15.5 Å². The molecule has 1 aliphatic rings. The Balaban J connectivity index is 1.62. The Labute approximate surface area is 144 Å². The number of nitrogens with zero attached hydrogens (tertiary/aromatic N) is 2. The van der Waals surface area contributed by atoms with Crippen LogP contribution in [0.2, 0.25) is 0 Å². The van der Waals surface area contributed by atoms with Crippen molar-refractivity contribution >= 4 is 17.3 Å². The summed E-state index contributed by atoms with van der Waals surface area (Å²) in [4.78, 5) is 7.90. The molecule has 23 heavy (non-hydrogen) atoms. The molecule has 0 spiro atoms. The number of aliphatic imine (C=N–C) groups is 1. The summed E-state index contributed by atoms with van der Waals surface area (Å²) in [5, 5.41) is 8.90. The van der Waals surface area contributed by atoms with E-state index in [0.717, 1.165) is 44.6 Å². The molecule has 1 aromatic rings. The maximum atomic E-state index is 5.65. The third-order valence-corrected chi connectivity index (χ3v) is 4.96. The lowest BCUT2D eigenvalue weighted by Gasteiger charge is -2.24. The number of guanidine groups is 1. The average molecular weight is 339 g/mol. The molecule has 1 atom stereocenters. The van der Waals surface area contributed by atoms with Gasteiger partial charge in [0, 0.05) is 38.2 Å². The molecule has 130 valence electrons. The summed E-state index contributed by atoms with van der Waals surface area (Å²) in [5.74, 6) is 1.70. The van der Waals surface area contributed by atoms with Gasteiger partial charge in [0.25, 0.3) is 0 Å². The number of likely N-dealkylation sites (N-methyl/N-ethyl adjacent to an activating group) is 1. The molecule has 2 N–H and O–H groups in total. The van der Waals surface area contributed by atoms with Crippen LogP contribution in [-0.4, -0.2) is 58.3 Å². The van der Waals surface area contributed by atoms with Crippen LogP contribution in [0.3, 0.4) is 0 Å². The topological polar surface area (TPSA) is 48.9 Å². The number of hydrogen-bond donors (Lipinski definition) is 2. The van der Waals surface area contributed by atoms with Gasteiger partial charge in [0.05, 0.1) is 6.04 Å². The lowest BCUT2D eigenvalue weighted by Crippen LogP contribution is -2.42. The number of ether oxygens (including phenoxy) is 1. The minimum atomic E-state index is 0.357. The van der Waals surface area contributed by atoms with Crippen molar-refractivity contribution in [2.75, 3.05) is 47.4 Å². The third-order valence-electron chi connectivity index (χ3n) is 3.99. The molecule has 6 heteroatoms. The molecule has 0 saturated heterocycles. The molecule has 0 aromatic carbocycles. The fraction of sp³-hybridized carbons (Fsp3) is 0.706. The number of nitrogens with one attached hydrogen (secondary N) is 2. The molecule has 0 amide bonds. The summed E-state index contributed by atoms with van der Waals surface area (Å²) in [6, 6.07) is 4.64. The largest absolute Gasteiger partial charge is 0.381 e. The normalized spacial score (nSPS) is 16.6. The zero-order chi connectivity index (χ0) is 16.5. The molecular formula is C17H30N4OS. The van der Waals surface area contributed by atoms with E-state index in [1.54, 1.807) is 11.3 Å². The third kappa shape index (κ3) is 6.89. The minimum absolute atomic E-state index is 0.357. The Morgan fingerprint density at radius 1 is 1.43 bits per heavy atom. The Morgan fingerprint density at radius 3 is 2.87 bits per heavy atom. The average Bonchev–Trinajstić information content (AvgIpc) is 3.21. The molecular weight excluding hydrogens is 308 g/mol. The Morgan fingerprint density at radius 2 is 2.26 bits per heavy atom. The van der Waals surface area contributed by atoms with Crippen LogP contribution in [0.1, 0.15) is 30.2 Å². The van der Waals surface area contributed by atoms with Crippen molar-refractivity contribution in [2.24, 2.45) is 10.9 Å². The van der Waals surface area contributed by atoms with Gasteiger partial charge in [-0.25, -0.2) is 0 Å². The number of thiophene rings is 1. The SMILES string of the molecule is CN=C(NCCCOCC1CC1)NCC(c1cccs1)N(C)C. The van der Waals surface area contributed by atoms with Gasteiger partial charge in [0.2, 0.25) is 0 Å². The monoisotopic (exact) mass is 338 g/mol. The van der Waals surface area contributed by atoms with Crippen LogP contribution < -0.4 is 10.6 Å². The highest BCUT2D eigenvalue weighted by Crippen LogP contribution is 2.28. The number of hydrogen-bond acceptors (Lipinski definition) is 4. The first-order chi connectivity index (χ1) is 11.2. The summed E-state index contributed by atoms with van der Waals surface area (Å²) in [6.45, 7) is 3.50. The maximum absolute atomic E-state index is 5.65. The lowest BCUT2D eigenvalue weighted by molar-refractivity contribution is 0.123. The standard InChI is InChI=1S/C17H30N4OS/c1-18-17(19-9-5-10-22-13-14-7-8-14)20-12-15(21(2)3)16-6-4-11-23-16/h4,6,11,14-15H,5,7-10,12-13H2,1-3H3,(H2,18,19,20). The van der Waals surface area contributed by atoms with Crippen molar-refractivity contribution in [1.29, 1.82) is 0 Å². The van der Waals surface area contributed by atoms with Gasteiger partial charge in [-0.2, -0.15) is 0 Å². The summed E-state index contributed by atoms with van der Waals surface area (Å²) in [7, 11) is 6.04. The van der Waals surface area contributed by atoms with Crippen LogP contribution in [-0.2, 0) is 4.74 Å². The van der Waals surface area contributed by atoms with Crippen LogP contribution in [0, 0.1) is 5.92 Å². The van der Waals surface area contributed by atoms with Crippen molar-refractivity contribution in [3.8, 4) is 0 Å². The highest BCUT2D eigenvalue weighted by Gasteiger charge is 2.20. The van der Waals surface area contributed by atoms with Gasteiger partial charge >= 0.3 is 0 Å². The van der Waals surface area contributed by atoms with Crippen molar-refractivity contribution in [2.45, 2.75) is 25.3 Å². The smallest absolute Gasteiger partial charge is 0.191 e. The maximum Gasteiger partial charge on any atom is 0.191 e. The highest BCUT2D eigenvalue weighted by atomic mass is 32.1. The van der Waals surface area contributed by atoms with E-state index < -0.39 is 0 Å². The van der Waals surface area contributed by atoms with Gasteiger partial charge < -0.3 is 20.3 Å². The fourth-order valence-corrected chi connectivity index (χ4v) is 3.27. The Hall–Kier alpha value is -1.11. The van der Waals surface area contributed by atoms with E-state index in [1.807, 2.05) is 7.05 Å². The molecule has 1 aliphatic carbocycles. The first-order valence-electron chi connectivity index (χ1n) is 8.42. The summed E-state index contributed by atoms with van der Waals surface area (Å²) < 4.78 is 5.65. The molecule has 1 heterocycles. The quantitative estimate of drug-likeness (QED) is 0.391. The van der Waals surface area contributed by atoms with Crippen LogP contribution in [0.15, 0.2) is 22.5 Å². The summed E-state index contributed by atoms with van der Waals surface area (Å²) in [6.07, 6.45) is 3.72. The predicted octanol–water partition coefficient (Wildman–Crippen LogP) is 2.33. The van der Waals surface area contributed by atoms with Gasteiger partial charge in [-0.05, 0) is 50.7 Å². The van der Waals surface area contributed by atoms with Crippen LogP contribution in [0.4, 0.5) is 0 Å². The predicted molar refractivity (Wildman–Crippen MR) is 98.3 cm³/mol. The van der Waals surface area contributed by atoms with Crippen molar-refractivity contribution in [3.05, 3.63) is 22.4 Å². The molecule has 1 unspecified atom stereocenters. The second kappa shape index (κ2) is 9.90. The van der Waals surface area contributed by atoms with Gasteiger partial charge in [0.1, 0.15) is 0 Å². The minimum Gasteiger partial charge on any atom is -0.381 e. The zero-order valence-electron chi connectivity index (χ0n) is 14.5. The van der Waals surface area contributed by atoms with E-state index in [0.29, 0.717) is 6.04 Å². The van der Waals surface area contributed by atoms with Crippen molar-refractivity contribution < 1.29 is 4.74 Å². The zero-order valence-corrected chi connectivity index (χ0v) is 15.4. The molecule has 1 aromatic heterocycles. The first kappa shape index (κ1) is 18.2. The fourth-order valence-electron chi connectivity index (χ4n) is 2.35. The van der Waals surface area contributed by atoms with E-state index in [9.17, 15) is 0 Å². The second-order valence-corrected chi connectivity index (χ2v) is 7.23. The van der Waals surface area contributed by atoms with E-state index in [2.05, 4.69) is 52.1 Å². The molecule has 1 fully saturated rings. The van der Waals surface area contributed by atoms with Crippen LogP contribution in [0.25, 0.3) is 0 Å². The van der Waals surface area contributed by atoms with Crippen LogP contribution in [0.5, 0.6) is 0 Å². The Bertz CT molecular complexity index is 457. The van der Waals surface area contributed by atoms with Crippen LogP contribution >= 0.6 is 11.3 Å². The first-order valence-corrected chi connectivity index (χ1v) is 9.30. The van der Waals surface area contributed by atoms with Gasteiger partial charge in [-0.1, -0.05) is 6.07 Å². The molecule has 5 nitrogen and oxygen atoms in total. The van der Waals surface area contributed by atoms with E-state index in [-0.39, 0.29) is 0 Å². The van der Waals surface area contributed by atoms with Gasteiger partial charge in [-0.3, -0.25) is 4.99 Å². The molecule has 0 bridgehead atoms. The molecule has 0 aliphatic heterocycles.